The van der Waals surface area contributed by atoms with Gasteiger partial charge in [0.2, 0.25) is 0 Å². The number of alkyl halides is 2. The molecule has 1 atom stereocenters. The van der Waals surface area contributed by atoms with Crippen LogP contribution in [-0.2, 0) is 5.11 Å². The number of hydrogen-bond acceptors (Lipinski definition) is 0. The summed E-state index contributed by atoms with van der Waals surface area (Å²) in [6.07, 6.45) is 0. The van der Waals surface area contributed by atoms with Crippen molar-refractivity contribution in [2.24, 2.45) is 0 Å². The van der Waals surface area contributed by atoms with Crippen LogP contribution in [0.2, 0.25) is 0 Å². The maximum atomic E-state index is 9.77. The van der Waals surface area contributed by atoms with Crippen LogP contribution in [-0.4, -0.2) is 10.3 Å². The van der Waals surface area contributed by atoms with Crippen molar-refractivity contribution in [2.45, 2.75) is 5.01 Å². The second kappa shape index (κ2) is 3.12. The second-order valence-corrected chi connectivity index (χ2v) is 2.23. The minimum Gasteiger partial charge on any atom is -0.220 e. The Kier molecular flexibility index (Phi) is 3.70. The molecule has 31 valence electrons. The van der Waals surface area contributed by atoms with Gasteiger partial charge in [-0.15, -0.1) is 0 Å². The third kappa shape index (κ3) is 4.92. The molecule has 0 spiro atoms. The summed E-state index contributed by atoms with van der Waals surface area (Å²) in [7, 11) is 0. The Morgan fingerprint density at radius 2 is 2.00 bits per heavy atom. The van der Waals surface area contributed by atoms with Gasteiger partial charge >= 0.3 is 0 Å². The third-order valence-corrected chi connectivity index (χ3v) is 1.90. The quantitative estimate of drug-likeness (QED) is 0.575. The molecule has 0 saturated carbocycles. The summed E-state index contributed by atoms with van der Waals surface area (Å²) in [5.74, 6) is 0. The summed E-state index contributed by atoms with van der Waals surface area (Å²) < 4.78 is 0. The highest BCUT2D eigenvalue weighted by atomic mass is 79.9. The van der Waals surface area contributed by atoms with Crippen LogP contribution in [0.1, 0.15) is 0 Å². The lowest BCUT2D eigenvalue weighted by atomic mass is 10.9. The maximum absolute atomic E-state index is 9.77. The summed E-state index contributed by atoms with van der Waals surface area (Å²) in [6.45, 7) is 0. The topological polar surface area (TPSA) is 19.9 Å². The molecule has 0 amide bonds. The van der Waals surface area contributed by atoms with Crippen molar-refractivity contribution in [1.82, 2.24) is 0 Å². The molecule has 1 radical (unpaired) electrons. The third-order valence-electron chi connectivity index (χ3n) is 0.121. The fraction of sp³-hybridized carbons (Fsp3) is 1.00. The molecule has 0 heterocycles. The van der Waals surface area contributed by atoms with Crippen molar-refractivity contribution in [3.8, 4) is 0 Å². The number of rotatable bonds is 1. The summed E-state index contributed by atoms with van der Waals surface area (Å²) in [6, 6.07) is 0. The lowest BCUT2D eigenvalue weighted by Gasteiger charge is -1.82. The molecular formula is C2H3Br2O. The molecular weight excluding hydrogens is 200 g/mol. The van der Waals surface area contributed by atoms with E-state index in [-0.39, 0.29) is 0 Å². The molecule has 0 fully saturated rings. The van der Waals surface area contributed by atoms with Crippen molar-refractivity contribution in [3.05, 3.63) is 0 Å². The van der Waals surface area contributed by atoms with E-state index in [4.69, 9.17) is 0 Å². The van der Waals surface area contributed by atoms with Crippen LogP contribution in [0.4, 0.5) is 0 Å². The molecule has 0 N–H and O–H groups in total. The Hall–Kier alpha value is 0.920. The molecule has 0 aromatic carbocycles. The van der Waals surface area contributed by atoms with Crippen LogP contribution >= 0.6 is 31.9 Å². The highest BCUT2D eigenvalue weighted by Gasteiger charge is 1.89. The van der Waals surface area contributed by atoms with E-state index in [1.54, 1.807) is 0 Å². The summed E-state index contributed by atoms with van der Waals surface area (Å²) in [5, 5.41) is 9.61. The molecule has 0 bridgehead atoms. The molecule has 0 aromatic heterocycles. The molecule has 0 aliphatic rings. The zero-order valence-corrected chi connectivity index (χ0v) is 5.62. The summed E-state index contributed by atoms with van der Waals surface area (Å²) in [4.78, 5) is 0. The van der Waals surface area contributed by atoms with Crippen LogP contribution in [0.25, 0.3) is 0 Å². The van der Waals surface area contributed by atoms with Crippen molar-refractivity contribution >= 4 is 31.9 Å². The minimum absolute atomic E-state index is 0.479. The molecule has 0 aliphatic heterocycles. The molecule has 0 aromatic rings. The highest BCUT2D eigenvalue weighted by molar-refractivity contribution is 9.12. The number of halogens is 2. The van der Waals surface area contributed by atoms with Gasteiger partial charge < -0.3 is 0 Å². The van der Waals surface area contributed by atoms with Crippen LogP contribution in [0.5, 0.6) is 0 Å². The first-order valence-electron chi connectivity index (χ1n) is 1.13. The molecule has 3 heteroatoms. The van der Waals surface area contributed by atoms with E-state index in [1.807, 2.05) is 0 Å². The minimum atomic E-state index is -0.637. The van der Waals surface area contributed by atoms with Crippen LogP contribution in [0.3, 0.4) is 0 Å². The van der Waals surface area contributed by atoms with Crippen LogP contribution in [0, 0.1) is 0 Å². The summed E-state index contributed by atoms with van der Waals surface area (Å²) in [5.41, 5.74) is 0. The first-order chi connectivity index (χ1) is 2.27. The Bertz CT molecular complexity index is 21.6. The summed E-state index contributed by atoms with van der Waals surface area (Å²) >= 11 is 5.73. The lowest BCUT2D eigenvalue weighted by Crippen LogP contribution is -1.89. The zero-order chi connectivity index (χ0) is 4.28. The average Bonchev–Trinajstić information content (AvgIpc) is 1.38. The van der Waals surface area contributed by atoms with E-state index in [2.05, 4.69) is 31.9 Å². The Morgan fingerprint density at radius 3 is 2.00 bits per heavy atom. The second-order valence-electron chi connectivity index (χ2n) is 0.564. The van der Waals surface area contributed by atoms with Crippen LogP contribution in [0.15, 0.2) is 0 Å². The average molecular weight is 203 g/mol. The largest absolute Gasteiger partial charge is 0.220 e. The monoisotopic (exact) mass is 201 g/mol. The molecule has 1 unspecified atom stereocenters. The van der Waals surface area contributed by atoms with Gasteiger partial charge in [-0.05, 0) is 0 Å². The Labute approximate surface area is 47.6 Å². The van der Waals surface area contributed by atoms with E-state index < -0.39 is 5.01 Å². The standard InChI is InChI=1S/C2H3Br2O/c3-1-2(4)5/h2H,1H2. The van der Waals surface area contributed by atoms with Crippen molar-refractivity contribution < 1.29 is 5.11 Å². The number of hydrogen-bond donors (Lipinski definition) is 0. The van der Waals surface area contributed by atoms with Gasteiger partial charge in [-0.3, -0.25) is 0 Å². The van der Waals surface area contributed by atoms with Crippen molar-refractivity contribution in [3.63, 3.8) is 0 Å². The Balaban J connectivity index is 2.54. The van der Waals surface area contributed by atoms with Crippen LogP contribution < -0.4 is 0 Å². The van der Waals surface area contributed by atoms with Crippen molar-refractivity contribution in [1.29, 1.82) is 0 Å². The lowest BCUT2D eigenvalue weighted by molar-refractivity contribution is 0.191. The molecule has 1 nitrogen and oxygen atoms in total. The van der Waals surface area contributed by atoms with E-state index in [1.165, 1.54) is 0 Å². The fourth-order valence-electron chi connectivity index (χ4n) is 0. The van der Waals surface area contributed by atoms with Gasteiger partial charge in [0.05, 0.1) is 0 Å². The zero-order valence-electron chi connectivity index (χ0n) is 2.45. The van der Waals surface area contributed by atoms with Gasteiger partial charge in [-0.25, -0.2) is 5.11 Å². The fourth-order valence-corrected chi connectivity index (χ4v) is 0. The maximum Gasteiger partial charge on any atom is 0.157 e. The van der Waals surface area contributed by atoms with Gasteiger partial charge in [-0.1, -0.05) is 31.9 Å². The smallest absolute Gasteiger partial charge is 0.157 e. The first kappa shape index (κ1) is 5.92. The normalized spacial score (nSPS) is 15.0. The van der Waals surface area contributed by atoms with Gasteiger partial charge in [0.15, 0.2) is 5.01 Å². The van der Waals surface area contributed by atoms with Gasteiger partial charge in [0.25, 0.3) is 0 Å². The molecule has 5 heavy (non-hydrogen) atoms. The predicted molar refractivity (Wildman–Crippen MR) is 27.2 cm³/mol. The first-order valence-corrected chi connectivity index (χ1v) is 3.17. The van der Waals surface area contributed by atoms with Crippen molar-refractivity contribution in [2.75, 3.05) is 5.33 Å². The molecule has 0 rings (SSSR count). The van der Waals surface area contributed by atoms with E-state index in [0.717, 1.165) is 0 Å². The van der Waals surface area contributed by atoms with Gasteiger partial charge in [0.1, 0.15) is 0 Å². The molecule has 0 saturated heterocycles. The SMILES string of the molecule is [O]C(Br)CBr. The Morgan fingerprint density at radius 1 is 1.80 bits per heavy atom. The van der Waals surface area contributed by atoms with Gasteiger partial charge in [0, 0.05) is 5.33 Å². The van der Waals surface area contributed by atoms with E-state index in [0.29, 0.717) is 5.33 Å². The molecule has 0 aliphatic carbocycles. The van der Waals surface area contributed by atoms with E-state index >= 15 is 0 Å². The van der Waals surface area contributed by atoms with Gasteiger partial charge in [-0.2, -0.15) is 0 Å². The predicted octanol–water partition coefficient (Wildman–Crippen LogP) is 1.53. The highest BCUT2D eigenvalue weighted by Crippen LogP contribution is 1.96. The van der Waals surface area contributed by atoms with E-state index in [9.17, 15) is 5.11 Å².